The van der Waals surface area contributed by atoms with Crippen molar-refractivity contribution in [3.63, 3.8) is 0 Å². The van der Waals surface area contributed by atoms with Crippen molar-refractivity contribution in [3.05, 3.63) is 89.5 Å². The third-order valence-electron chi connectivity index (χ3n) is 4.94. The summed E-state index contributed by atoms with van der Waals surface area (Å²) in [5.41, 5.74) is 3.51. The van der Waals surface area contributed by atoms with Gasteiger partial charge in [-0.3, -0.25) is 4.79 Å². The van der Waals surface area contributed by atoms with E-state index in [1.807, 2.05) is 77.7 Å². The van der Waals surface area contributed by atoms with Crippen molar-refractivity contribution >= 4 is 11.6 Å². The van der Waals surface area contributed by atoms with Gasteiger partial charge in [0.25, 0.3) is 5.91 Å². The van der Waals surface area contributed by atoms with Gasteiger partial charge in [0, 0.05) is 12.2 Å². The van der Waals surface area contributed by atoms with E-state index in [-0.39, 0.29) is 12.1 Å². The molecule has 0 bridgehead atoms. The van der Waals surface area contributed by atoms with E-state index in [9.17, 15) is 4.79 Å². The summed E-state index contributed by atoms with van der Waals surface area (Å²) < 4.78 is 10.8. The lowest BCUT2D eigenvalue weighted by molar-refractivity contribution is 0.0666. The number of carbonyl (C=O) groups excluding carboxylic acids is 1. The van der Waals surface area contributed by atoms with Crippen LogP contribution in [0.25, 0.3) is 0 Å². The van der Waals surface area contributed by atoms with Crippen LogP contribution in [0.1, 0.15) is 27.7 Å². The molecule has 0 saturated heterocycles. The molecule has 0 fully saturated rings. The fourth-order valence-corrected chi connectivity index (χ4v) is 3.52. The summed E-state index contributed by atoms with van der Waals surface area (Å²) in [5, 5.41) is 3.51. The Morgan fingerprint density at radius 1 is 0.893 bits per heavy atom. The summed E-state index contributed by atoms with van der Waals surface area (Å²) in [6.07, 6.45) is -0.317. The molecule has 1 heterocycles. The van der Waals surface area contributed by atoms with Crippen LogP contribution in [-0.2, 0) is 6.54 Å². The van der Waals surface area contributed by atoms with Gasteiger partial charge >= 0.3 is 0 Å². The molecule has 0 spiro atoms. The van der Waals surface area contributed by atoms with Crippen molar-refractivity contribution < 1.29 is 14.3 Å². The maximum atomic E-state index is 13.3. The summed E-state index contributed by atoms with van der Waals surface area (Å²) in [5.74, 6) is 1.29. The lowest BCUT2D eigenvalue weighted by Gasteiger charge is -2.38. The second-order valence-corrected chi connectivity index (χ2v) is 6.63. The highest BCUT2D eigenvalue weighted by molar-refractivity contribution is 6.01. The van der Waals surface area contributed by atoms with Crippen LogP contribution < -0.4 is 14.8 Å². The minimum atomic E-state index is -0.317. The zero-order valence-corrected chi connectivity index (χ0v) is 15.9. The van der Waals surface area contributed by atoms with Crippen LogP contribution in [0.3, 0.4) is 0 Å². The quantitative estimate of drug-likeness (QED) is 0.716. The lowest BCUT2D eigenvalue weighted by Crippen LogP contribution is -2.42. The highest BCUT2D eigenvalue weighted by Gasteiger charge is 2.33. The molecule has 3 aromatic rings. The van der Waals surface area contributed by atoms with Crippen molar-refractivity contribution in [1.82, 2.24) is 4.90 Å². The Labute approximate surface area is 164 Å². The van der Waals surface area contributed by atoms with Gasteiger partial charge in [-0.15, -0.1) is 0 Å². The van der Waals surface area contributed by atoms with E-state index in [1.165, 1.54) is 0 Å². The first-order valence-corrected chi connectivity index (χ1v) is 9.13. The minimum Gasteiger partial charge on any atom is -0.493 e. The van der Waals surface area contributed by atoms with Crippen LogP contribution in [0.15, 0.2) is 72.8 Å². The average molecular weight is 374 g/mol. The van der Waals surface area contributed by atoms with E-state index in [1.54, 1.807) is 14.2 Å². The number of ether oxygens (including phenoxy) is 2. The van der Waals surface area contributed by atoms with Crippen LogP contribution in [0.4, 0.5) is 5.69 Å². The second-order valence-electron chi connectivity index (χ2n) is 6.63. The summed E-state index contributed by atoms with van der Waals surface area (Å²) in [4.78, 5) is 15.2. The second kappa shape index (κ2) is 7.64. The first-order chi connectivity index (χ1) is 13.7. The maximum absolute atomic E-state index is 13.3. The minimum absolute atomic E-state index is 0.00186. The summed E-state index contributed by atoms with van der Waals surface area (Å²) in [6, 6.07) is 23.3. The lowest BCUT2D eigenvalue weighted by atomic mass is 10.0. The SMILES string of the molecule is COc1ccc([C@@H]2Nc3ccccc3C(=O)N2Cc2ccccc2)cc1OC. The molecule has 0 aliphatic carbocycles. The van der Waals surface area contributed by atoms with Crippen LogP contribution in [0.5, 0.6) is 11.5 Å². The van der Waals surface area contributed by atoms with Gasteiger partial charge < -0.3 is 19.7 Å². The van der Waals surface area contributed by atoms with Crippen molar-refractivity contribution in [1.29, 1.82) is 0 Å². The zero-order valence-electron chi connectivity index (χ0n) is 15.9. The number of amides is 1. The number of anilines is 1. The van der Waals surface area contributed by atoms with Gasteiger partial charge in [0.15, 0.2) is 11.5 Å². The maximum Gasteiger partial charge on any atom is 0.258 e. The molecule has 0 unspecified atom stereocenters. The van der Waals surface area contributed by atoms with Gasteiger partial charge in [-0.25, -0.2) is 0 Å². The number of carbonyl (C=O) groups is 1. The predicted octanol–water partition coefficient (Wildman–Crippen LogP) is 4.47. The number of nitrogens with zero attached hydrogens (tertiary/aromatic N) is 1. The Morgan fingerprint density at radius 3 is 2.36 bits per heavy atom. The van der Waals surface area contributed by atoms with Crippen molar-refractivity contribution in [3.8, 4) is 11.5 Å². The Bertz CT molecular complexity index is 988. The van der Waals surface area contributed by atoms with Gasteiger partial charge in [-0.05, 0) is 35.4 Å². The highest BCUT2D eigenvalue weighted by Crippen LogP contribution is 2.37. The Balaban J connectivity index is 1.77. The number of rotatable bonds is 5. The number of benzene rings is 3. The molecular formula is C23H22N2O3. The fourth-order valence-electron chi connectivity index (χ4n) is 3.52. The van der Waals surface area contributed by atoms with E-state index in [4.69, 9.17) is 9.47 Å². The molecule has 1 aliphatic heterocycles. The fraction of sp³-hybridized carbons (Fsp3) is 0.174. The molecule has 5 heteroatoms. The molecule has 5 nitrogen and oxygen atoms in total. The monoisotopic (exact) mass is 374 g/mol. The van der Waals surface area contributed by atoms with Crippen LogP contribution in [-0.4, -0.2) is 25.0 Å². The largest absolute Gasteiger partial charge is 0.493 e. The summed E-state index contributed by atoms with van der Waals surface area (Å²) >= 11 is 0. The smallest absolute Gasteiger partial charge is 0.258 e. The number of hydrogen-bond acceptors (Lipinski definition) is 4. The molecule has 142 valence electrons. The van der Waals surface area contributed by atoms with E-state index >= 15 is 0 Å². The third kappa shape index (κ3) is 3.27. The predicted molar refractivity (Wildman–Crippen MR) is 109 cm³/mol. The number of para-hydroxylation sites is 1. The van der Waals surface area contributed by atoms with E-state index in [0.29, 0.717) is 23.6 Å². The van der Waals surface area contributed by atoms with Gasteiger partial charge in [-0.2, -0.15) is 0 Å². The van der Waals surface area contributed by atoms with Gasteiger partial charge in [-0.1, -0.05) is 48.5 Å². The van der Waals surface area contributed by atoms with Gasteiger partial charge in [0.2, 0.25) is 0 Å². The van der Waals surface area contributed by atoms with E-state index in [0.717, 1.165) is 16.8 Å². The van der Waals surface area contributed by atoms with Crippen molar-refractivity contribution in [2.45, 2.75) is 12.7 Å². The van der Waals surface area contributed by atoms with Crippen molar-refractivity contribution in [2.75, 3.05) is 19.5 Å². The molecule has 1 aliphatic rings. The molecule has 3 aromatic carbocycles. The normalized spacial score (nSPS) is 15.6. The summed E-state index contributed by atoms with van der Waals surface area (Å²) in [7, 11) is 3.22. The van der Waals surface area contributed by atoms with Crippen LogP contribution >= 0.6 is 0 Å². The van der Waals surface area contributed by atoms with Crippen LogP contribution in [0, 0.1) is 0 Å². The molecule has 0 saturated carbocycles. The molecule has 1 atom stereocenters. The third-order valence-corrected chi connectivity index (χ3v) is 4.94. The topological polar surface area (TPSA) is 50.8 Å². The van der Waals surface area contributed by atoms with E-state index in [2.05, 4.69) is 5.32 Å². The van der Waals surface area contributed by atoms with Gasteiger partial charge in [0.1, 0.15) is 6.17 Å². The van der Waals surface area contributed by atoms with Crippen molar-refractivity contribution in [2.24, 2.45) is 0 Å². The number of fused-ring (bicyclic) bond motifs is 1. The highest BCUT2D eigenvalue weighted by atomic mass is 16.5. The zero-order chi connectivity index (χ0) is 19.5. The molecule has 1 amide bonds. The molecule has 0 aromatic heterocycles. The standard InChI is InChI=1S/C23H22N2O3/c1-27-20-13-12-17(14-21(20)28-2)22-24-19-11-7-6-10-18(19)23(26)25(22)15-16-8-4-3-5-9-16/h3-14,22,24H,15H2,1-2H3/t22-/m1/s1. The number of hydrogen-bond donors (Lipinski definition) is 1. The van der Waals surface area contributed by atoms with Gasteiger partial charge in [0.05, 0.1) is 19.8 Å². The Morgan fingerprint density at radius 2 is 1.61 bits per heavy atom. The molecule has 0 radical (unpaired) electrons. The molecule has 28 heavy (non-hydrogen) atoms. The Kier molecular flexibility index (Phi) is 4.89. The summed E-state index contributed by atoms with van der Waals surface area (Å²) in [6.45, 7) is 0.500. The number of methoxy groups -OCH3 is 2. The first-order valence-electron chi connectivity index (χ1n) is 9.13. The van der Waals surface area contributed by atoms with E-state index < -0.39 is 0 Å². The average Bonchev–Trinajstić information content (AvgIpc) is 2.76. The molecule has 4 rings (SSSR count). The first kappa shape index (κ1) is 17.9. The molecular weight excluding hydrogens is 352 g/mol. The Hall–Kier alpha value is -3.47. The molecule has 1 N–H and O–H groups in total. The number of nitrogens with one attached hydrogen (secondary N) is 1. The van der Waals surface area contributed by atoms with Crippen LogP contribution in [0.2, 0.25) is 0 Å².